The number of carbonyl (C=O) groups is 1. The van der Waals surface area contributed by atoms with Crippen LogP contribution >= 0.6 is 0 Å². The van der Waals surface area contributed by atoms with Crippen molar-refractivity contribution in [2.75, 3.05) is 13.2 Å². The van der Waals surface area contributed by atoms with E-state index in [1.807, 2.05) is 13.0 Å². The summed E-state index contributed by atoms with van der Waals surface area (Å²) in [4.78, 5) is 15.4. The Kier molecular flexibility index (Phi) is 7.02. The third-order valence-corrected chi connectivity index (χ3v) is 7.48. The summed E-state index contributed by atoms with van der Waals surface area (Å²) in [6.07, 6.45) is 1.91. The van der Waals surface area contributed by atoms with Gasteiger partial charge in [-0.15, -0.1) is 0 Å². The number of rotatable bonds is 6. The normalized spacial score (nSPS) is 28.0. The molecule has 4 nitrogen and oxygen atoms in total. The van der Waals surface area contributed by atoms with Crippen LogP contribution in [0.15, 0.2) is 48.5 Å². The van der Waals surface area contributed by atoms with E-state index in [9.17, 15) is 9.90 Å². The highest BCUT2D eigenvalue weighted by Gasteiger charge is 2.48. The predicted octanol–water partition coefficient (Wildman–Crippen LogP) is 5.42. The first kappa shape index (κ1) is 23.0. The average molecular weight is 436 g/mol. The molecule has 0 radical (unpaired) electrons. The van der Waals surface area contributed by atoms with Crippen LogP contribution in [0.25, 0.3) is 0 Å². The molecular formula is C28H37NO3. The number of esters is 1. The Hall–Kier alpha value is -2.17. The van der Waals surface area contributed by atoms with Crippen LogP contribution in [-0.2, 0) is 16.0 Å². The van der Waals surface area contributed by atoms with E-state index in [-0.39, 0.29) is 29.9 Å². The minimum Gasteiger partial charge on any atom is -0.466 e. The Morgan fingerprint density at radius 3 is 2.50 bits per heavy atom. The number of piperidine rings is 1. The van der Waals surface area contributed by atoms with Gasteiger partial charge in [0.1, 0.15) is 0 Å². The van der Waals surface area contributed by atoms with Gasteiger partial charge in [0.05, 0.1) is 24.7 Å². The molecule has 1 N–H and O–H groups in total. The lowest BCUT2D eigenvalue weighted by Crippen LogP contribution is -2.49. The number of benzene rings is 2. The first-order valence-electron chi connectivity index (χ1n) is 12.2. The highest BCUT2D eigenvalue weighted by molar-refractivity contribution is 5.73. The van der Waals surface area contributed by atoms with Crippen LogP contribution in [0.5, 0.6) is 0 Å². The number of fused-ring (bicyclic) bond motifs is 1. The van der Waals surface area contributed by atoms with Crippen molar-refractivity contribution in [1.29, 1.82) is 0 Å². The van der Waals surface area contributed by atoms with Crippen LogP contribution in [0.4, 0.5) is 0 Å². The van der Waals surface area contributed by atoms with Crippen molar-refractivity contribution in [3.8, 4) is 0 Å². The molecular weight excluding hydrogens is 398 g/mol. The third kappa shape index (κ3) is 4.11. The van der Waals surface area contributed by atoms with Gasteiger partial charge in [-0.1, -0.05) is 75.7 Å². The van der Waals surface area contributed by atoms with Gasteiger partial charge in [-0.3, -0.25) is 9.69 Å². The Bertz CT molecular complexity index is 926. The molecule has 2 aromatic rings. The number of carbonyl (C=O) groups excluding carboxylic acids is 1. The molecule has 0 spiro atoms. The van der Waals surface area contributed by atoms with Gasteiger partial charge in [0.15, 0.2) is 0 Å². The molecule has 0 saturated carbocycles. The first-order chi connectivity index (χ1) is 15.5. The molecule has 5 atom stereocenters. The number of hydrogen-bond acceptors (Lipinski definition) is 4. The zero-order valence-electron chi connectivity index (χ0n) is 19.8. The summed E-state index contributed by atoms with van der Waals surface area (Å²) in [6.45, 7) is 9.70. The zero-order valence-corrected chi connectivity index (χ0v) is 19.8. The molecule has 4 rings (SSSR count). The lowest BCUT2D eigenvalue weighted by Gasteiger charge is -2.48. The maximum absolute atomic E-state index is 12.9. The fraction of sp³-hybridized carbons (Fsp3) is 0.536. The third-order valence-electron chi connectivity index (χ3n) is 7.48. The summed E-state index contributed by atoms with van der Waals surface area (Å²) in [6, 6.07) is 17.1. The zero-order chi connectivity index (χ0) is 22.8. The highest BCUT2D eigenvalue weighted by Crippen LogP contribution is 2.50. The van der Waals surface area contributed by atoms with Crippen molar-refractivity contribution < 1.29 is 14.6 Å². The molecule has 1 saturated heterocycles. The molecule has 1 unspecified atom stereocenters. The van der Waals surface area contributed by atoms with E-state index in [1.54, 1.807) is 0 Å². The Morgan fingerprint density at radius 1 is 1.09 bits per heavy atom. The lowest BCUT2D eigenvalue weighted by atomic mass is 9.74. The maximum Gasteiger partial charge on any atom is 0.309 e. The molecule has 32 heavy (non-hydrogen) atoms. The standard InChI is InChI=1S/C28H37NO3/c1-5-21-23(28(31)32-6-2)15-16-29(26(21)19-11-8-7-9-12-19)27-24(30)17-20-13-10-14-22(18(3)4)25(20)27/h7-14,18,21,23-24,26-27,30H,5-6,15-17H2,1-4H3/t21-,23?,24+,26+,27+/m0/s1. The molecule has 1 aliphatic heterocycles. The maximum atomic E-state index is 12.9. The summed E-state index contributed by atoms with van der Waals surface area (Å²) in [5, 5.41) is 11.3. The Balaban J connectivity index is 1.80. The number of hydrogen-bond donors (Lipinski definition) is 1. The van der Waals surface area contributed by atoms with Crippen LogP contribution in [0.2, 0.25) is 0 Å². The summed E-state index contributed by atoms with van der Waals surface area (Å²) >= 11 is 0. The summed E-state index contributed by atoms with van der Waals surface area (Å²) in [7, 11) is 0. The van der Waals surface area contributed by atoms with Gasteiger partial charge in [0.25, 0.3) is 0 Å². The van der Waals surface area contributed by atoms with E-state index in [0.29, 0.717) is 18.9 Å². The molecule has 0 aromatic heterocycles. The largest absolute Gasteiger partial charge is 0.466 e. The quantitative estimate of drug-likeness (QED) is 0.616. The van der Waals surface area contributed by atoms with Crippen LogP contribution < -0.4 is 0 Å². The molecule has 4 heteroatoms. The molecule has 1 aliphatic carbocycles. The number of aliphatic hydroxyl groups excluding tert-OH is 1. The number of aliphatic hydroxyl groups is 1. The van der Waals surface area contributed by atoms with E-state index >= 15 is 0 Å². The van der Waals surface area contributed by atoms with Gasteiger partial charge in [-0.25, -0.2) is 0 Å². The van der Waals surface area contributed by atoms with Crippen molar-refractivity contribution in [2.24, 2.45) is 11.8 Å². The van der Waals surface area contributed by atoms with Crippen molar-refractivity contribution in [3.63, 3.8) is 0 Å². The van der Waals surface area contributed by atoms with Gasteiger partial charge >= 0.3 is 5.97 Å². The molecule has 1 heterocycles. The van der Waals surface area contributed by atoms with E-state index in [2.05, 4.69) is 68.1 Å². The second-order valence-electron chi connectivity index (χ2n) is 9.60. The monoisotopic (exact) mass is 435 g/mol. The van der Waals surface area contributed by atoms with Crippen molar-refractivity contribution in [2.45, 2.75) is 71.1 Å². The van der Waals surface area contributed by atoms with Gasteiger partial charge in [-0.05, 0) is 47.4 Å². The smallest absolute Gasteiger partial charge is 0.309 e. The van der Waals surface area contributed by atoms with Gasteiger partial charge in [-0.2, -0.15) is 0 Å². The first-order valence-corrected chi connectivity index (χ1v) is 12.2. The fourth-order valence-corrected chi connectivity index (χ4v) is 6.15. The van der Waals surface area contributed by atoms with Gasteiger partial charge < -0.3 is 9.84 Å². The Morgan fingerprint density at radius 2 is 1.84 bits per heavy atom. The predicted molar refractivity (Wildman–Crippen MR) is 127 cm³/mol. The summed E-state index contributed by atoms with van der Waals surface area (Å²) < 4.78 is 5.48. The minimum atomic E-state index is -0.437. The summed E-state index contributed by atoms with van der Waals surface area (Å²) in [5.74, 6) is 0.356. The Labute approximate surface area is 192 Å². The van der Waals surface area contributed by atoms with Crippen LogP contribution in [0.1, 0.15) is 80.8 Å². The van der Waals surface area contributed by atoms with E-state index in [0.717, 1.165) is 19.4 Å². The van der Waals surface area contributed by atoms with Gasteiger partial charge in [0.2, 0.25) is 0 Å². The molecule has 2 aromatic carbocycles. The van der Waals surface area contributed by atoms with Crippen LogP contribution in [-0.4, -0.2) is 35.2 Å². The summed E-state index contributed by atoms with van der Waals surface area (Å²) in [5.41, 5.74) is 5.12. The fourth-order valence-electron chi connectivity index (χ4n) is 6.15. The van der Waals surface area contributed by atoms with Crippen LogP contribution in [0, 0.1) is 11.8 Å². The molecule has 1 fully saturated rings. The SMILES string of the molecule is CCOC(=O)C1CCN([C@H]2c3c(cccc3C(C)C)C[C@H]2O)[C@H](c2ccccc2)[C@H]1CC. The van der Waals surface area contributed by atoms with E-state index in [1.165, 1.54) is 22.3 Å². The minimum absolute atomic E-state index is 0.0500. The highest BCUT2D eigenvalue weighted by atomic mass is 16.5. The number of likely N-dealkylation sites (tertiary alicyclic amines) is 1. The van der Waals surface area contributed by atoms with E-state index < -0.39 is 6.10 Å². The van der Waals surface area contributed by atoms with Crippen molar-refractivity contribution >= 4 is 5.97 Å². The van der Waals surface area contributed by atoms with Crippen LogP contribution in [0.3, 0.4) is 0 Å². The molecule has 0 amide bonds. The second-order valence-corrected chi connectivity index (χ2v) is 9.60. The molecule has 172 valence electrons. The molecule has 2 aliphatic rings. The van der Waals surface area contributed by atoms with Crippen molar-refractivity contribution in [3.05, 3.63) is 70.8 Å². The number of ether oxygens (including phenoxy) is 1. The van der Waals surface area contributed by atoms with Gasteiger partial charge in [0, 0.05) is 19.0 Å². The topological polar surface area (TPSA) is 49.8 Å². The van der Waals surface area contributed by atoms with Crippen molar-refractivity contribution in [1.82, 2.24) is 4.90 Å². The second kappa shape index (κ2) is 9.76. The van der Waals surface area contributed by atoms with E-state index in [4.69, 9.17) is 4.74 Å². The lowest BCUT2D eigenvalue weighted by molar-refractivity contribution is -0.155. The number of nitrogens with zero attached hydrogens (tertiary/aromatic N) is 1. The average Bonchev–Trinajstić information content (AvgIpc) is 3.14. The molecule has 0 bridgehead atoms.